The largest absolute Gasteiger partial charge is 0.495 e. The fraction of sp³-hybridized carbons (Fsp3) is 0.300. The fourth-order valence-corrected chi connectivity index (χ4v) is 1.77. The molecule has 0 radical (unpaired) electrons. The second-order valence-corrected chi connectivity index (χ2v) is 4.16. The summed E-state index contributed by atoms with van der Waals surface area (Å²) >= 11 is 9.29. The van der Waals surface area contributed by atoms with Crippen LogP contribution in [0.4, 0.5) is 0 Å². The van der Waals surface area contributed by atoms with Crippen molar-refractivity contribution in [3.63, 3.8) is 0 Å². The van der Waals surface area contributed by atoms with Gasteiger partial charge in [-0.05, 0) is 28.9 Å². The average Bonchev–Trinajstić information content (AvgIpc) is 2.11. The molecule has 0 heterocycles. The lowest BCUT2D eigenvalue weighted by Crippen LogP contribution is -2.00. The molecule has 76 valence electrons. The monoisotopic (exact) mass is 276 g/mol. The molecule has 1 rings (SSSR count). The molecular weight excluding hydrogens is 267 g/mol. The number of halogens is 2. The Hall–Kier alpha value is -0.540. The lowest BCUT2D eigenvalue weighted by Gasteiger charge is -2.09. The molecule has 0 amide bonds. The first-order valence-corrected chi connectivity index (χ1v) is 5.23. The van der Waals surface area contributed by atoms with Crippen LogP contribution in [0.5, 0.6) is 5.75 Å². The van der Waals surface area contributed by atoms with Crippen LogP contribution in [0.3, 0.4) is 0 Å². The van der Waals surface area contributed by atoms with E-state index in [-0.39, 0.29) is 5.78 Å². The lowest BCUT2D eigenvalue weighted by molar-refractivity contribution is -0.116. The molecule has 14 heavy (non-hydrogen) atoms. The molecule has 0 aliphatic carbocycles. The van der Waals surface area contributed by atoms with Crippen molar-refractivity contribution in [1.29, 1.82) is 0 Å². The van der Waals surface area contributed by atoms with Crippen LogP contribution in [0.25, 0.3) is 0 Å². The molecule has 0 N–H and O–H groups in total. The molecule has 0 spiro atoms. The van der Waals surface area contributed by atoms with Gasteiger partial charge < -0.3 is 4.74 Å². The van der Waals surface area contributed by atoms with Gasteiger partial charge in [0, 0.05) is 16.5 Å². The Labute approximate surface area is 96.3 Å². The molecule has 0 unspecified atom stereocenters. The Morgan fingerprint density at radius 3 is 2.71 bits per heavy atom. The maximum atomic E-state index is 11.0. The topological polar surface area (TPSA) is 26.3 Å². The Morgan fingerprint density at radius 1 is 1.57 bits per heavy atom. The van der Waals surface area contributed by atoms with E-state index in [1.807, 2.05) is 12.1 Å². The number of rotatable bonds is 3. The first-order valence-electron chi connectivity index (χ1n) is 4.06. The zero-order valence-electron chi connectivity index (χ0n) is 7.93. The third-order valence-corrected chi connectivity index (χ3v) is 3.04. The molecule has 0 atom stereocenters. The van der Waals surface area contributed by atoms with Crippen molar-refractivity contribution in [2.24, 2.45) is 0 Å². The van der Waals surface area contributed by atoms with Crippen LogP contribution in [0.2, 0.25) is 5.02 Å². The summed E-state index contributed by atoms with van der Waals surface area (Å²) in [6.45, 7) is 1.54. The third-order valence-electron chi connectivity index (χ3n) is 1.78. The number of hydrogen-bond acceptors (Lipinski definition) is 2. The Balaban J connectivity index is 3.17. The minimum atomic E-state index is 0.0849. The first-order chi connectivity index (χ1) is 6.56. The third kappa shape index (κ3) is 2.49. The van der Waals surface area contributed by atoms with Crippen molar-refractivity contribution < 1.29 is 9.53 Å². The second-order valence-electron chi connectivity index (χ2n) is 2.93. The smallest absolute Gasteiger partial charge is 0.142 e. The summed E-state index contributed by atoms with van der Waals surface area (Å²) in [5.41, 5.74) is 0.813. The standard InChI is InChI=1S/C10H10BrClO2/c1-6(13)5-7-3-4-8(11)9(12)10(7)14-2/h3-4H,5H2,1-2H3. The summed E-state index contributed by atoms with van der Waals surface area (Å²) < 4.78 is 5.91. The molecule has 0 fully saturated rings. The van der Waals surface area contributed by atoms with E-state index in [4.69, 9.17) is 16.3 Å². The van der Waals surface area contributed by atoms with Crippen LogP contribution in [0.1, 0.15) is 12.5 Å². The quantitative estimate of drug-likeness (QED) is 0.848. The molecule has 0 aliphatic heterocycles. The van der Waals surface area contributed by atoms with Crippen molar-refractivity contribution in [2.75, 3.05) is 7.11 Å². The van der Waals surface area contributed by atoms with Crippen LogP contribution < -0.4 is 4.74 Å². The molecule has 0 aromatic heterocycles. The molecule has 1 aromatic rings. The molecule has 0 saturated heterocycles. The molecular formula is C10H10BrClO2. The first kappa shape index (κ1) is 11.5. The van der Waals surface area contributed by atoms with Gasteiger partial charge in [0.25, 0.3) is 0 Å². The highest BCUT2D eigenvalue weighted by atomic mass is 79.9. The van der Waals surface area contributed by atoms with Gasteiger partial charge in [-0.2, -0.15) is 0 Å². The van der Waals surface area contributed by atoms with E-state index in [1.165, 1.54) is 14.0 Å². The number of benzene rings is 1. The molecule has 0 aliphatic rings. The van der Waals surface area contributed by atoms with Gasteiger partial charge in [-0.1, -0.05) is 17.7 Å². The van der Waals surface area contributed by atoms with Crippen LogP contribution in [0.15, 0.2) is 16.6 Å². The number of hydrogen-bond donors (Lipinski definition) is 0. The second kappa shape index (κ2) is 4.80. The number of Topliss-reactive ketones (excluding diaryl/α,β-unsaturated/α-hetero) is 1. The van der Waals surface area contributed by atoms with E-state index < -0.39 is 0 Å². The Bertz CT molecular complexity index is 363. The predicted molar refractivity (Wildman–Crippen MR) is 60.1 cm³/mol. The van der Waals surface area contributed by atoms with Gasteiger partial charge >= 0.3 is 0 Å². The van der Waals surface area contributed by atoms with E-state index in [0.717, 1.165) is 10.0 Å². The summed E-state index contributed by atoms with van der Waals surface area (Å²) in [5.74, 6) is 0.651. The number of ether oxygens (including phenoxy) is 1. The summed E-state index contributed by atoms with van der Waals surface area (Å²) in [6, 6.07) is 3.64. The van der Waals surface area contributed by atoms with Crippen molar-refractivity contribution in [2.45, 2.75) is 13.3 Å². The van der Waals surface area contributed by atoms with E-state index in [9.17, 15) is 4.79 Å². The zero-order valence-corrected chi connectivity index (χ0v) is 10.3. The van der Waals surface area contributed by atoms with Crippen molar-refractivity contribution in [3.05, 3.63) is 27.2 Å². The van der Waals surface area contributed by atoms with E-state index in [2.05, 4.69) is 15.9 Å². The van der Waals surface area contributed by atoms with Gasteiger partial charge in [-0.15, -0.1) is 0 Å². The maximum Gasteiger partial charge on any atom is 0.142 e. The van der Waals surface area contributed by atoms with Gasteiger partial charge in [0.2, 0.25) is 0 Å². The molecule has 1 aromatic carbocycles. The maximum absolute atomic E-state index is 11.0. The highest BCUT2D eigenvalue weighted by Crippen LogP contribution is 2.35. The summed E-state index contributed by atoms with van der Waals surface area (Å²) in [5, 5.41) is 0.506. The summed E-state index contributed by atoms with van der Waals surface area (Å²) in [4.78, 5) is 11.0. The molecule has 4 heteroatoms. The van der Waals surface area contributed by atoms with Crippen molar-refractivity contribution in [3.8, 4) is 5.75 Å². The number of carbonyl (C=O) groups excluding carboxylic acids is 1. The number of methoxy groups -OCH3 is 1. The van der Waals surface area contributed by atoms with Crippen molar-refractivity contribution >= 4 is 33.3 Å². The van der Waals surface area contributed by atoms with E-state index in [1.54, 1.807) is 0 Å². The van der Waals surface area contributed by atoms with E-state index in [0.29, 0.717) is 17.2 Å². The minimum absolute atomic E-state index is 0.0849. The summed E-state index contributed by atoms with van der Waals surface area (Å²) in [7, 11) is 1.54. The van der Waals surface area contributed by atoms with Crippen LogP contribution >= 0.6 is 27.5 Å². The van der Waals surface area contributed by atoms with Gasteiger partial charge in [0.15, 0.2) is 0 Å². The molecule has 0 bridgehead atoms. The van der Waals surface area contributed by atoms with Gasteiger partial charge in [0.1, 0.15) is 11.5 Å². The van der Waals surface area contributed by atoms with Crippen LogP contribution in [-0.4, -0.2) is 12.9 Å². The van der Waals surface area contributed by atoms with Crippen LogP contribution in [0, 0.1) is 0 Å². The number of ketones is 1. The number of carbonyl (C=O) groups is 1. The van der Waals surface area contributed by atoms with Gasteiger partial charge in [-0.3, -0.25) is 4.79 Å². The molecule has 2 nitrogen and oxygen atoms in total. The average molecular weight is 278 g/mol. The highest BCUT2D eigenvalue weighted by molar-refractivity contribution is 9.10. The van der Waals surface area contributed by atoms with Crippen LogP contribution in [-0.2, 0) is 11.2 Å². The lowest BCUT2D eigenvalue weighted by atomic mass is 10.1. The Kier molecular flexibility index (Phi) is 3.96. The zero-order chi connectivity index (χ0) is 10.7. The fourth-order valence-electron chi connectivity index (χ4n) is 1.20. The SMILES string of the molecule is COc1c(CC(C)=O)ccc(Br)c1Cl. The highest BCUT2D eigenvalue weighted by Gasteiger charge is 2.11. The summed E-state index contributed by atoms with van der Waals surface area (Å²) in [6.07, 6.45) is 0.343. The predicted octanol–water partition coefficient (Wildman–Crippen LogP) is 3.24. The van der Waals surface area contributed by atoms with Gasteiger partial charge in [0.05, 0.1) is 12.1 Å². The Morgan fingerprint density at radius 2 is 2.21 bits per heavy atom. The normalized spacial score (nSPS) is 10.0. The minimum Gasteiger partial charge on any atom is -0.495 e. The van der Waals surface area contributed by atoms with Crippen molar-refractivity contribution in [1.82, 2.24) is 0 Å². The van der Waals surface area contributed by atoms with Gasteiger partial charge in [-0.25, -0.2) is 0 Å². The van der Waals surface area contributed by atoms with E-state index >= 15 is 0 Å². The molecule has 0 saturated carbocycles.